The summed E-state index contributed by atoms with van der Waals surface area (Å²) in [7, 11) is 0. The van der Waals surface area contributed by atoms with E-state index in [-0.39, 0.29) is 0 Å². The number of hydrogen-bond acceptors (Lipinski definition) is 12. The zero-order chi connectivity index (χ0) is 18.1. The van der Waals surface area contributed by atoms with Crippen molar-refractivity contribution in [2.45, 2.75) is 0 Å². The zero-order valence-corrected chi connectivity index (χ0v) is 15.7. The van der Waals surface area contributed by atoms with Gasteiger partial charge in [-0.3, -0.25) is 4.98 Å². The Kier molecular flexibility index (Phi) is 4.12. The van der Waals surface area contributed by atoms with Crippen LogP contribution in [0.2, 0.25) is 0 Å². The maximum Gasteiger partial charge on any atom is 0.194 e. The molecule has 0 N–H and O–H groups in total. The zero-order valence-electron chi connectivity index (χ0n) is 13.3. The van der Waals surface area contributed by atoms with E-state index in [1.54, 1.807) is 23.4 Å². The fourth-order valence-corrected chi connectivity index (χ4v) is 4.02. The molecule has 5 aromatic heterocycles. The summed E-state index contributed by atoms with van der Waals surface area (Å²) < 4.78 is 12.9. The molecule has 0 unspecified atom stereocenters. The predicted molar refractivity (Wildman–Crippen MR) is 102 cm³/mol. The van der Waals surface area contributed by atoms with Gasteiger partial charge >= 0.3 is 0 Å². The maximum absolute atomic E-state index is 4.44. The minimum Gasteiger partial charge on any atom is -0.255 e. The quantitative estimate of drug-likeness (QED) is 0.441. The summed E-state index contributed by atoms with van der Waals surface area (Å²) in [6.45, 7) is 0. The van der Waals surface area contributed by atoms with Crippen molar-refractivity contribution in [2.75, 3.05) is 0 Å². The molecule has 0 bridgehead atoms. The second-order valence-electron chi connectivity index (χ2n) is 5.15. The van der Waals surface area contributed by atoms with Crippen LogP contribution in [0.4, 0.5) is 0 Å². The van der Waals surface area contributed by atoms with Gasteiger partial charge in [0.2, 0.25) is 0 Å². The fraction of sp³-hybridized carbons (Fsp3) is 0. The van der Waals surface area contributed by atoms with Crippen molar-refractivity contribution in [3.63, 3.8) is 0 Å². The van der Waals surface area contributed by atoms with Gasteiger partial charge in [0.1, 0.15) is 28.1 Å². The normalized spacial score (nSPS) is 11.0. The van der Waals surface area contributed by atoms with Crippen LogP contribution in [0, 0.1) is 0 Å². The van der Waals surface area contributed by atoms with Crippen molar-refractivity contribution in [1.29, 1.82) is 0 Å². The standard InChI is InChI=1S/C15H7N9S3/c1-2-4-16-8(3-1)12-11(15-22-18-7-25-15)10(9-5-19-27-23-9)13(21-20-12)14-17-6-26-24-14/h1-7H. The van der Waals surface area contributed by atoms with Crippen LogP contribution >= 0.6 is 34.6 Å². The molecular formula is C15H7N9S3. The monoisotopic (exact) mass is 409 g/mol. The Morgan fingerprint density at radius 1 is 0.815 bits per heavy atom. The molecule has 0 atom stereocenters. The van der Waals surface area contributed by atoms with Crippen LogP contribution in [0.15, 0.2) is 41.6 Å². The van der Waals surface area contributed by atoms with Gasteiger partial charge < -0.3 is 0 Å². The minimum atomic E-state index is 0.480. The molecular weight excluding hydrogens is 402 g/mol. The third kappa shape index (κ3) is 2.89. The van der Waals surface area contributed by atoms with Crippen molar-refractivity contribution in [3.05, 3.63) is 41.6 Å². The Morgan fingerprint density at radius 2 is 1.78 bits per heavy atom. The average Bonchev–Trinajstić information content (AvgIpc) is 3.51. The van der Waals surface area contributed by atoms with E-state index in [0.29, 0.717) is 33.6 Å². The second-order valence-corrected chi connectivity index (χ2v) is 7.15. The van der Waals surface area contributed by atoms with Gasteiger partial charge in [-0.15, -0.1) is 20.4 Å². The molecule has 0 saturated carbocycles. The lowest BCUT2D eigenvalue weighted by Gasteiger charge is -2.12. The first-order valence-corrected chi connectivity index (χ1v) is 10.00. The van der Waals surface area contributed by atoms with Crippen molar-refractivity contribution in [1.82, 2.24) is 43.5 Å². The third-order valence-corrected chi connectivity index (χ3v) is 5.31. The van der Waals surface area contributed by atoms with Crippen LogP contribution in [-0.4, -0.2) is 43.5 Å². The van der Waals surface area contributed by atoms with Gasteiger partial charge in [0.05, 0.1) is 29.2 Å². The highest BCUT2D eigenvalue weighted by atomic mass is 32.1. The smallest absolute Gasteiger partial charge is 0.194 e. The SMILES string of the molecule is c1ccc(-c2nnc(-c3ncsn3)c(-c3cnsn3)c2-c2nncs2)nc1. The molecule has 0 fully saturated rings. The third-order valence-electron chi connectivity index (χ3n) is 3.65. The summed E-state index contributed by atoms with van der Waals surface area (Å²) in [5, 5.41) is 17.8. The lowest BCUT2D eigenvalue weighted by atomic mass is 10.00. The fourth-order valence-electron chi connectivity index (χ4n) is 2.56. The molecule has 9 nitrogen and oxygen atoms in total. The number of nitrogens with zero attached hydrogens (tertiary/aromatic N) is 9. The minimum absolute atomic E-state index is 0.480. The molecule has 0 aliphatic rings. The van der Waals surface area contributed by atoms with E-state index < -0.39 is 0 Å². The van der Waals surface area contributed by atoms with E-state index in [4.69, 9.17) is 0 Å². The molecule has 27 heavy (non-hydrogen) atoms. The van der Waals surface area contributed by atoms with Gasteiger partial charge in [-0.25, -0.2) is 4.98 Å². The summed E-state index contributed by atoms with van der Waals surface area (Å²) in [5.41, 5.74) is 7.22. The van der Waals surface area contributed by atoms with Crippen molar-refractivity contribution in [2.24, 2.45) is 0 Å². The Hall–Kier alpha value is -3.09. The van der Waals surface area contributed by atoms with Crippen LogP contribution in [0.5, 0.6) is 0 Å². The molecule has 0 aliphatic carbocycles. The number of rotatable bonds is 4. The summed E-state index contributed by atoms with van der Waals surface area (Å²) >= 11 is 3.76. The number of hydrogen-bond donors (Lipinski definition) is 0. The van der Waals surface area contributed by atoms with E-state index in [9.17, 15) is 0 Å². The molecule has 0 aromatic carbocycles. The van der Waals surface area contributed by atoms with Gasteiger partial charge in [0.25, 0.3) is 0 Å². The van der Waals surface area contributed by atoms with E-state index in [1.165, 1.54) is 22.9 Å². The first-order chi connectivity index (χ1) is 13.4. The highest BCUT2D eigenvalue weighted by molar-refractivity contribution is 7.12. The van der Waals surface area contributed by atoms with Crippen molar-refractivity contribution >= 4 is 34.6 Å². The molecule has 12 heteroatoms. The Balaban J connectivity index is 1.89. The van der Waals surface area contributed by atoms with Crippen molar-refractivity contribution in [3.8, 4) is 44.7 Å². The van der Waals surface area contributed by atoms with Crippen LogP contribution in [-0.2, 0) is 0 Å². The molecule has 5 heterocycles. The van der Waals surface area contributed by atoms with Crippen molar-refractivity contribution < 1.29 is 0 Å². The highest BCUT2D eigenvalue weighted by Crippen LogP contribution is 2.41. The molecule has 0 aliphatic heterocycles. The van der Waals surface area contributed by atoms with E-state index >= 15 is 0 Å². The van der Waals surface area contributed by atoms with Gasteiger partial charge in [0, 0.05) is 11.8 Å². The number of aromatic nitrogens is 9. The number of pyridine rings is 1. The largest absolute Gasteiger partial charge is 0.255 e. The summed E-state index contributed by atoms with van der Waals surface area (Å²) in [4.78, 5) is 8.72. The van der Waals surface area contributed by atoms with E-state index in [1.807, 2.05) is 18.2 Å². The van der Waals surface area contributed by atoms with Gasteiger partial charge in [-0.05, 0) is 23.7 Å². The average molecular weight is 409 g/mol. The molecule has 0 radical (unpaired) electrons. The first kappa shape index (κ1) is 16.1. The van der Waals surface area contributed by atoms with Gasteiger partial charge in [0.15, 0.2) is 10.8 Å². The molecule has 0 saturated heterocycles. The molecule has 0 amide bonds. The van der Waals surface area contributed by atoms with Crippen LogP contribution in [0.25, 0.3) is 44.7 Å². The van der Waals surface area contributed by atoms with E-state index in [0.717, 1.165) is 22.9 Å². The predicted octanol–water partition coefficient (Wildman–Crippen LogP) is 3.09. The lowest BCUT2D eigenvalue weighted by Crippen LogP contribution is -2.02. The maximum atomic E-state index is 4.44. The lowest BCUT2D eigenvalue weighted by molar-refractivity contribution is 1.02. The molecule has 5 aromatic rings. The topological polar surface area (TPSA) is 116 Å². The summed E-state index contributed by atoms with van der Waals surface area (Å²) in [6, 6.07) is 5.62. The Bertz CT molecular complexity index is 1160. The summed E-state index contributed by atoms with van der Waals surface area (Å²) in [5.74, 6) is 0.480. The highest BCUT2D eigenvalue weighted by Gasteiger charge is 2.26. The summed E-state index contributed by atoms with van der Waals surface area (Å²) in [6.07, 6.45) is 3.39. The first-order valence-electron chi connectivity index (χ1n) is 7.55. The van der Waals surface area contributed by atoms with Gasteiger partial charge in [-0.1, -0.05) is 17.4 Å². The Labute approximate surface area is 164 Å². The van der Waals surface area contributed by atoms with Gasteiger partial charge in [-0.2, -0.15) is 13.1 Å². The van der Waals surface area contributed by atoms with Crippen LogP contribution < -0.4 is 0 Å². The van der Waals surface area contributed by atoms with Crippen LogP contribution in [0.3, 0.4) is 0 Å². The molecule has 0 spiro atoms. The van der Waals surface area contributed by atoms with E-state index in [2.05, 4.69) is 43.5 Å². The molecule has 5 rings (SSSR count). The van der Waals surface area contributed by atoms with Crippen LogP contribution in [0.1, 0.15) is 0 Å². The molecule has 130 valence electrons. The second kappa shape index (κ2) is 6.90. The Morgan fingerprint density at radius 3 is 2.48 bits per heavy atom.